The van der Waals surface area contributed by atoms with Crippen LogP contribution in [0.15, 0.2) is 89.6 Å². The molecule has 2 heterocycles. The molecule has 39 heavy (non-hydrogen) atoms. The molecule has 0 aliphatic rings. The van der Waals surface area contributed by atoms with Gasteiger partial charge in [-0.2, -0.15) is 0 Å². The van der Waals surface area contributed by atoms with Crippen molar-refractivity contribution < 1.29 is 9.21 Å². The third kappa shape index (κ3) is 6.54. The number of urea groups is 1. The number of carbonyl (C=O) groups excluding carboxylic acids is 1. The molecule has 0 aliphatic carbocycles. The Labute approximate surface area is 232 Å². The smallest absolute Gasteiger partial charge is 0.323 e. The largest absolute Gasteiger partial charge is 0.436 e. The number of nitrogens with zero attached hydrogens (tertiary/aromatic N) is 3. The molecule has 2 amide bonds. The van der Waals surface area contributed by atoms with Gasteiger partial charge in [-0.15, -0.1) is 0 Å². The van der Waals surface area contributed by atoms with Crippen LogP contribution in [-0.4, -0.2) is 41.5 Å². The fourth-order valence-corrected chi connectivity index (χ4v) is 4.61. The SMILES string of the molecule is CN(C)Cc1cccc(NC(=O)Nc2ccc(CCNc3ncnc4oc(-c5ccccc5)c(Cl)c34)cc2)c1. The number of carbonyl (C=O) groups is 1. The van der Waals surface area contributed by atoms with E-state index in [1.807, 2.05) is 93.0 Å². The standard InChI is InChI=1S/C30H29ClN6O2/c1-37(2)18-21-7-6-10-24(17-21)36-30(38)35-23-13-11-20(12-14-23)15-16-32-28-25-26(31)27(22-8-4-3-5-9-22)39-29(25)34-19-33-28/h3-14,17,19H,15-16,18H2,1-2H3,(H,32,33,34)(H2,35,36,38). The predicted molar refractivity (Wildman–Crippen MR) is 157 cm³/mol. The summed E-state index contributed by atoms with van der Waals surface area (Å²) in [6.07, 6.45) is 2.21. The maximum Gasteiger partial charge on any atom is 0.323 e. The minimum absolute atomic E-state index is 0.286. The molecule has 198 valence electrons. The maximum atomic E-state index is 12.5. The number of fused-ring (bicyclic) bond motifs is 1. The summed E-state index contributed by atoms with van der Waals surface area (Å²) in [5, 5.41) is 10.3. The zero-order valence-corrected chi connectivity index (χ0v) is 22.5. The zero-order chi connectivity index (χ0) is 27.2. The van der Waals surface area contributed by atoms with Gasteiger partial charge in [0.25, 0.3) is 0 Å². The van der Waals surface area contributed by atoms with E-state index in [2.05, 4.69) is 30.8 Å². The fourth-order valence-electron chi connectivity index (χ4n) is 4.29. The Hall–Kier alpha value is -4.40. The summed E-state index contributed by atoms with van der Waals surface area (Å²) in [7, 11) is 4.02. The third-order valence-corrected chi connectivity index (χ3v) is 6.43. The predicted octanol–water partition coefficient (Wildman–Crippen LogP) is 6.90. The van der Waals surface area contributed by atoms with Crippen LogP contribution in [0.2, 0.25) is 5.02 Å². The summed E-state index contributed by atoms with van der Waals surface area (Å²) >= 11 is 6.67. The van der Waals surface area contributed by atoms with Crippen LogP contribution in [0.25, 0.3) is 22.4 Å². The fraction of sp³-hybridized carbons (Fsp3) is 0.167. The van der Waals surface area contributed by atoms with E-state index in [9.17, 15) is 4.79 Å². The Morgan fingerprint density at radius 3 is 2.44 bits per heavy atom. The Kier molecular flexibility index (Phi) is 8.05. The number of hydrogen-bond acceptors (Lipinski definition) is 6. The topological polar surface area (TPSA) is 95.3 Å². The maximum absolute atomic E-state index is 12.5. The number of rotatable bonds is 9. The van der Waals surface area contributed by atoms with Gasteiger partial charge in [0.15, 0.2) is 5.76 Å². The quantitative estimate of drug-likeness (QED) is 0.188. The highest BCUT2D eigenvalue weighted by atomic mass is 35.5. The van der Waals surface area contributed by atoms with E-state index in [-0.39, 0.29) is 6.03 Å². The van der Waals surface area contributed by atoms with Crippen molar-refractivity contribution in [3.63, 3.8) is 0 Å². The van der Waals surface area contributed by atoms with Gasteiger partial charge >= 0.3 is 6.03 Å². The highest BCUT2D eigenvalue weighted by molar-refractivity contribution is 6.38. The van der Waals surface area contributed by atoms with E-state index in [4.69, 9.17) is 16.0 Å². The number of anilines is 3. The first-order chi connectivity index (χ1) is 19.0. The van der Waals surface area contributed by atoms with Crippen molar-refractivity contribution in [3.05, 3.63) is 101 Å². The first kappa shape index (κ1) is 26.2. The lowest BCUT2D eigenvalue weighted by atomic mass is 10.1. The van der Waals surface area contributed by atoms with E-state index < -0.39 is 0 Å². The van der Waals surface area contributed by atoms with Gasteiger partial charge in [0.05, 0.1) is 0 Å². The summed E-state index contributed by atoms with van der Waals surface area (Å²) < 4.78 is 5.93. The summed E-state index contributed by atoms with van der Waals surface area (Å²) in [4.78, 5) is 23.2. The number of furan rings is 1. The van der Waals surface area contributed by atoms with E-state index in [1.165, 1.54) is 6.33 Å². The van der Waals surface area contributed by atoms with Crippen LogP contribution in [0, 0.1) is 0 Å². The van der Waals surface area contributed by atoms with Crippen molar-refractivity contribution in [2.45, 2.75) is 13.0 Å². The number of aromatic nitrogens is 2. The average molecular weight is 541 g/mol. The lowest BCUT2D eigenvalue weighted by Crippen LogP contribution is -2.19. The molecule has 0 spiro atoms. The van der Waals surface area contributed by atoms with Gasteiger partial charge < -0.3 is 25.3 Å². The summed E-state index contributed by atoms with van der Waals surface area (Å²) in [5.74, 6) is 1.20. The highest BCUT2D eigenvalue weighted by Crippen LogP contribution is 2.39. The van der Waals surface area contributed by atoms with Gasteiger partial charge in [-0.3, -0.25) is 0 Å². The number of benzene rings is 3. The van der Waals surface area contributed by atoms with Crippen molar-refractivity contribution in [3.8, 4) is 11.3 Å². The van der Waals surface area contributed by atoms with Crippen molar-refractivity contribution in [1.82, 2.24) is 14.9 Å². The van der Waals surface area contributed by atoms with Crippen molar-refractivity contribution in [1.29, 1.82) is 0 Å². The molecule has 0 unspecified atom stereocenters. The summed E-state index contributed by atoms with van der Waals surface area (Å²) in [6.45, 7) is 1.43. The number of nitrogens with one attached hydrogen (secondary N) is 3. The van der Waals surface area contributed by atoms with E-state index in [0.717, 1.165) is 35.3 Å². The zero-order valence-electron chi connectivity index (χ0n) is 21.7. The lowest BCUT2D eigenvalue weighted by Gasteiger charge is -2.12. The van der Waals surface area contributed by atoms with Crippen molar-refractivity contribution in [2.75, 3.05) is 36.6 Å². The molecule has 0 radical (unpaired) electrons. The minimum Gasteiger partial charge on any atom is -0.436 e. The van der Waals surface area contributed by atoms with Crippen LogP contribution in [0.3, 0.4) is 0 Å². The molecule has 3 N–H and O–H groups in total. The summed E-state index contributed by atoms with van der Waals surface area (Å²) in [6, 6.07) is 25.0. The molecule has 0 bridgehead atoms. The molecular weight excluding hydrogens is 512 g/mol. The molecule has 5 aromatic rings. The molecule has 0 aliphatic heterocycles. The Bertz CT molecular complexity index is 1570. The van der Waals surface area contributed by atoms with E-state index in [1.54, 1.807) is 0 Å². The van der Waals surface area contributed by atoms with Gasteiger partial charge in [-0.05, 0) is 55.9 Å². The van der Waals surface area contributed by atoms with Crippen LogP contribution < -0.4 is 16.0 Å². The van der Waals surface area contributed by atoms with Crippen LogP contribution in [0.4, 0.5) is 22.0 Å². The molecule has 3 aromatic carbocycles. The first-order valence-electron chi connectivity index (χ1n) is 12.6. The molecule has 0 saturated heterocycles. The number of hydrogen-bond donors (Lipinski definition) is 3. The molecule has 0 fully saturated rings. The average Bonchev–Trinajstić information content (AvgIpc) is 3.27. The number of amides is 2. The lowest BCUT2D eigenvalue weighted by molar-refractivity contribution is 0.262. The van der Waals surface area contributed by atoms with Gasteiger partial charge in [0.2, 0.25) is 5.71 Å². The van der Waals surface area contributed by atoms with Crippen molar-refractivity contribution in [2.24, 2.45) is 0 Å². The Morgan fingerprint density at radius 2 is 1.67 bits per heavy atom. The summed E-state index contributed by atoms with van der Waals surface area (Å²) in [5.41, 5.74) is 5.02. The monoisotopic (exact) mass is 540 g/mol. The molecule has 0 atom stereocenters. The molecule has 9 heteroatoms. The van der Waals surface area contributed by atoms with Crippen LogP contribution in [-0.2, 0) is 13.0 Å². The molecule has 8 nitrogen and oxygen atoms in total. The van der Waals surface area contributed by atoms with E-state index in [0.29, 0.717) is 39.9 Å². The Morgan fingerprint density at radius 1 is 0.897 bits per heavy atom. The third-order valence-electron chi connectivity index (χ3n) is 6.07. The first-order valence-corrected chi connectivity index (χ1v) is 13.0. The second-order valence-electron chi connectivity index (χ2n) is 9.40. The molecular formula is C30H29ClN6O2. The molecule has 0 saturated carbocycles. The Balaban J connectivity index is 1.17. The van der Waals surface area contributed by atoms with Gasteiger partial charge in [-0.25, -0.2) is 14.8 Å². The highest BCUT2D eigenvalue weighted by Gasteiger charge is 2.19. The number of halogens is 1. The van der Waals surface area contributed by atoms with Crippen molar-refractivity contribution >= 4 is 45.9 Å². The van der Waals surface area contributed by atoms with Crippen LogP contribution in [0.5, 0.6) is 0 Å². The minimum atomic E-state index is -0.286. The molecule has 2 aromatic heterocycles. The molecule has 5 rings (SSSR count). The van der Waals surface area contributed by atoms with Crippen LogP contribution >= 0.6 is 11.6 Å². The second kappa shape index (κ2) is 12.0. The normalized spacial score (nSPS) is 11.1. The van der Waals surface area contributed by atoms with Crippen LogP contribution in [0.1, 0.15) is 11.1 Å². The second-order valence-corrected chi connectivity index (χ2v) is 9.78. The van der Waals surface area contributed by atoms with Gasteiger partial charge in [0, 0.05) is 30.0 Å². The van der Waals surface area contributed by atoms with Gasteiger partial charge in [0.1, 0.15) is 22.6 Å². The van der Waals surface area contributed by atoms with Gasteiger partial charge in [-0.1, -0.05) is 66.2 Å². The van der Waals surface area contributed by atoms with E-state index >= 15 is 0 Å².